The van der Waals surface area contributed by atoms with Crippen LogP contribution >= 0.6 is 0 Å². The summed E-state index contributed by atoms with van der Waals surface area (Å²) >= 11 is 0. The minimum Gasteiger partial charge on any atom is -0.382 e. The Hall–Kier alpha value is -3.77. The lowest BCUT2D eigenvalue weighted by Gasteiger charge is -2.29. The van der Waals surface area contributed by atoms with Crippen molar-refractivity contribution in [3.05, 3.63) is 83.7 Å². The van der Waals surface area contributed by atoms with Crippen molar-refractivity contribution in [1.82, 2.24) is 9.97 Å². The van der Waals surface area contributed by atoms with Crippen molar-refractivity contribution in [2.45, 2.75) is 6.92 Å². The summed E-state index contributed by atoms with van der Waals surface area (Å²) in [6.45, 7) is 4.96. The first-order chi connectivity index (χ1) is 15.6. The van der Waals surface area contributed by atoms with Crippen LogP contribution in [0, 0.1) is 6.92 Å². The van der Waals surface area contributed by atoms with Gasteiger partial charge in [0.15, 0.2) is 0 Å². The quantitative estimate of drug-likeness (QED) is 0.493. The second-order valence-electron chi connectivity index (χ2n) is 7.94. The van der Waals surface area contributed by atoms with Crippen LogP contribution in [-0.2, 0) is 4.74 Å². The Kier molecular flexibility index (Phi) is 5.29. The number of carbonyl (C=O) groups is 1. The number of nitrogens with two attached hydrogens (primary N) is 1. The molecule has 1 aliphatic rings. The summed E-state index contributed by atoms with van der Waals surface area (Å²) in [5.41, 5.74) is 12.0. The van der Waals surface area contributed by atoms with E-state index >= 15 is 0 Å². The Morgan fingerprint density at radius 1 is 1.03 bits per heavy atom. The lowest BCUT2D eigenvalue weighted by Crippen LogP contribution is -2.36. The van der Waals surface area contributed by atoms with Crippen LogP contribution < -0.4 is 10.6 Å². The van der Waals surface area contributed by atoms with Gasteiger partial charge in [0.2, 0.25) is 5.78 Å². The van der Waals surface area contributed by atoms with Gasteiger partial charge in [-0.1, -0.05) is 30.3 Å². The largest absolute Gasteiger partial charge is 0.382 e. The standard InChI is InChI=1S/C26H24N4O2/c1-17-5-4-6-20(25(31)22-7-2-3-10-28-22)24(17)18-8-9-21-19(15-18)16-23(26(27)29-21)30-11-13-32-14-12-30/h2-10,15-16H,11-14H2,1H3,(H2,27,29). The maximum absolute atomic E-state index is 13.3. The molecule has 1 aliphatic heterocycles. The molecule has 2 aromatic heterocycles. The van der Waals surface area contributed by atoms with E-state index in [1.54, 1.807) is 12.3 Å². The Morgan fingerprint density at radius 2 is 1.88 bits per heavy atom. The van der Waals surface area contributed by atoms with Gasteiger partial charge in [-0.05, 0) is 53.9 Å². The fraction of sp³-hybridized carbons (Fsp3) is 0.192. The number of nitrogens with zero attached hydrogens (tertiary/aromatic N) is 3. The van der Waals surface area contributed by atoms with Crippen molar-refractivity contribution in [2.24, 2.45) is 0 Å². The van der Waals surface area contributed by atoms with E-state index in [1.807, 2.05) is 49.4 Å². The number of aromatic nitrogens is 2. The fourth-order valence-electron chi connectivity index (χ4n) is 4.27. The van der Waals surface area contributed by atoms with Crippen molar-refractivity contribution in [1.29, 1.82) is 0 Å². The van der Waals surface area contributed by atoms with Crippen LogP contribution in [0.2, 0.25) is 0 Å². The molecule has 1 fully saturated rings. The number of anilines is 2. The van der Waals surface area contributed by atoms with E-state index in [9.17, 15) is 4.79 Å². The molecule has 0 radical (unpaired) electrons. The minimum absolute atomic E-state index is 0.0890. The van der Waals surface area contributed by atoms with Crippen LogP contribution in [0.1, 0.15) is 21.6 Å². The van der Waals surface area contributed by atoms with E-state index in [4.69, 9.17) is 10.5 Å². The molecular formula is C26H24N4O2. The average molecular weight is 425 g/mol. The van der Waals surface area contributed by atoms with Crippen LogP contribution in [0.4, 0.5) is 11.5 Å². The fourth-order valence-corrected chi connectivity index (χ4v) is 4.27. The molecule has 4 aromatic rings. The van der Waals surface area contributed by atoms with Crippen molar-refractivity contribution < 1.29 is 9.53 Å². The number of nitrogen functional groups attached to an aromatic ring is 1. The first-order valence-electron chi connectivity index (χ1n) is 10.7. The number of ketones is 1. The summed E-state index contributed by atoms with van der Waals surface area (Å²) in [5.74, 6) is 0.433. The molecule has 0 saturated carbocycles. The van der Waals surface area contributed by atoms with Gasteiger partial charge in [-0.15, -0.1) is 0 Å². The highest BCUT2D eigenvalue weighted by molar-refractivity contribution is 6.12. The van der Waals surface area contributed by atoms with Crippen LogP contribution in [0.3, 0.4) is 0 Å². The number of rotatable bonds is 4. The van der Waals surface area contributed by atoms with Gasteiger partial charge in [0.25, 0.3) is 0 Å². The minimum atomic E-state index is -0.0890. The van der Waals surface area contributed by atoms with Gasteiger partial charge in [0, 0.05) is 30.2 Å². The van der Waals surface area contributed by atoms with Crippen LogP contribution in [-0.4, -0.2) is 42.1 Å². The van der Waals surface area contributed by atoms with Crippen LogP contribution in [0.15, 0.2) is 66.9 Å². The van der Waals surface area contributed by atoms with E-state index in [0.29, 0.717) is 30.3 Å². The molecule has 6 nitrogen and oxygen atoms in total. The maximum atomic E-state index is 13.3. The lowest BCUT2D eigenvalue weighted by molar-refractivity contribution is 0.103. The topological polar surface area (TPSA) is 81.3 Å². The normalized spacial score (nSPS) is 14.0. The molecule has 2 aromatic carbocycles. The maximum Gasteiger partial charge on any atom is 0.211 e. The SMILES string of the molecule is Cc1cccc(C(=O)c2ccccn2)c1-c1ccc2nc(N)c(N3CCOCC3)cc2c1. The molecule has 0 atom stereocenters. The Labute approximate surface area is 186 Å². The molecule has 6 heteroatoms. The third-order valence-electron chi connectivity index (χ3n) is 5.88. The van der Waals surface area contributed by atoms with Gasteiger partial charge in [0.05, 0.1) is 24.4 Å². The Bertz CT molecular complexity index is 1300. The smallest absolute Gasteiger partial charge is 0.211 e. The zero-order chi connectivity index (χ0) is 22.1. The highest BCUT2D eigenvalue weighted by Gasteiger charge is 2.19. The van der Waals surface area contributed by atoms with Crippen LogP contribution in [0.25, 0.3) is 22.0 Å². The van der Waals surface area contributed by atoms with E-state index in [2.05, 4.69) is 27.0 Å². The van der Waals surface area contributed by atoms with Gasteiger partial charge in [0.1, 0.15) is 11.5 Å². The van der Waals surface area contributed by atoms with Gasteiger partial charge in [-0.3, -0.25) is 9.78 Å². The number of fused-ring (bicyclic) bond motifs is 1. The monoisotopic (exact) mass is 424 g/mol. The molecule has 0 amide bonds. The highest BCUT2D eigenvalue weighted by atomic mass is 16.5. The number of carbonyl (C=O) groups excluding carboxylic acids is 1. The predicted octanol–water partition coefficient (Wildman–Crippen LogP) is 4.26. The van der Waals surface area contributed by atoms with Gasteiger partial charge >= 0.3 is 0 Å². The molecule has 1 saturated heterocycles. The Morgan fingerprint density at radius 3 is 2.66 bits per heavy atom. The summed E-state index contributed by atoms with van der Waals surface area (Å²) < 4.78 is 5.47. The van der Waals surface area contributed by atoms with Crippen molar-refractivity contribution in [3.8, 4) is 11.1 Å². The lowest BCUT2D eigenvalue weighted by atomic mass is 9.91. The Balaban J connectivity index is 1.62. The first kappa shape index (κ1) is 20.2. The third kappa shape index (κ3) is 3.69. The van der Waals surface area contributed by atoms with E-state index in [1.165, 1.54) is 0 Å². The summed E-state index contributed by atoms with van der Waals surface area (Å²) in [6, 6.07) is 19.3. The van der Waals surface area contributed by atoms with E-state index in [-0.39, 0.29) is 5.78 Å². The number of aryl methyl sites for hydroxylation is 1. The van der Waals surface area contributed by atoms with Gasteiger partial charge in [-0.2, -0.15) is 0 Å². The van der Waals surface area contributed by atoms with Gasteiger partial charge < -0.3 is 15.4 Å². The third-order valence-corrected chi connectivity index (χ3v) is 5.88. The number of hydrogen-bond donors (Lipinski definition) is 1. The number of pyridine rings is 2. The second kappa shape index (κ2) is 8.40. The number of ether oxygens (including phenoxy) is 1. The number of hydrogen-bond acceptors (Lipinski definition) is 6. The van der Waals surface area contributed by atoms with E-state index < -0.39 is 0 Å². The number of benzene rings is 2. The summed E-state index contributed by atoms with van der Waals surface area (Å²) in [7, 11) is 0. The molecule has 0 aliphatic carbocycles. The molecule has 3 heterocycles. The summed E-state index contributed by atoms with van der Waals surface area (Å²) in [4.78, 5) is 24.3. The second-order valence-corrected chi connectivity index (χ2v) is 7.94. The molecule has 5 rings (SSSR count). The number of morpholine rings is 1. The summed E-state index contributed by atoms with van der Waals surface area (Å²) in [5, 5.41) is 0.984. The van der Waals surface area contributed by atoms with Crippen LogP contribution in [0.5, 0.6) is 0 Å². The highest BCUT2D eigenvalue weighted by Crippen LogP contribution is 2.33. The van der Waals surface area contributed by atoms with Crippen molar-refractivity contribution in [3.63, 3.8) is 0 Å². The molecule has 160 valence electrons. The molecule has 2 N–H and O–H groups in total. The molecule has 0 unspecified atom stereocenters. The van der Waals surface area contributed by atoms with Crippen molar-refractivity contribution >= 4 is 28.2 Å². The average Bonchev–Trinajstić information content (AvgIpc) is 2.84. The van der Waals surface area contributed by atoms with Crippen molar-refractivity contribution in [2.75, 3.05) is 36.9 Å². The van der Waals surface area contributed by atoms with E-state index in [0.717, 1.165) is 46.4 Å². The first-order valence-corrected chi connectivity index (χ1v) is 10.7. The zero-order valence-corrected chi connectivity index (χ0v) is 17.9. The molecule has 0 spiro atoms. The summed E-state index contributed by atoms with van der Waals surface area (Å²) in [6.07, 6.45) is 1.64. The zero-order valence-electron chi connectivity index (χ0n) is 17.9. The van der Waals surface area contributed by atoms with Gasteiger partial charge in [-0.25, -0.2) is 4.98 Å². The molecular weight excluding hydrogens is 400 g/mol. The predicted molar refractivity (Wildman–Crippen MR) is 127 cm³/mol. The molecule has 0 bridgehead atoms. The molecule has 32 heavy (non-hydrogen) atoms.